The standard InChI is InChI=1S/C11H16F3N3O2/c1-2-4-15-10-16-8(11(12,13)14)7-9(17-10)19-6-3-5-18/h7,18H,2-6H2,1H3,(H,15,16,17). The van der Waals surface area contributed by atoms with Crippen LogP contribution >= 0.6 is 0 Å². The van der Waals surface area contributed by atoms with E-state index in [0.29, 0.717) is 13.0 Å². The van der Waals surface area contributed by atoms with Crippen molar-refractivity contribution in [2.75, 3.05) is 25.1 Å². The molecule has 0 aliphatic rings. The van der Waals surface area contributed by atoms with Gasteiger partial charge < -0.3 is 15.2 Å². The fraction of sp³-hybridized carbons (Fsp3) is 0.636. The maximum Gasteiger partial charge on any atom is 0.433 e. The number of rotatable bonds is 7. The van der Waals surface area contributed by atoms with Gasteiger partial charge in [0.1, 0.15) is 0 Å². The second kappa shape index (κ2) is 7.13. The lowest BCUT2D eigenvalue weighted by Crippen LogP contribution is -2.14. The Morgan fingerprint density at radius 1 is 1.37 bits per heavy atom. The molecule has 0 unspecified atom stereocenters. The Labute approximate surface area is 108 Å². The van der Waals surface area contributed by atoms with Gasteiger partial charge in [0, 0.05) is 25.6 Å². The molecular weight excluding hydrogens is 263 g/mol. The van der Waals surface area contributed by atoms with Gasteiger partial charge in [0.25, 0.3) is 0 Å². The van der Waals surface area contributed by atoms with Crippen LogP contribution in [0.1, 0.15) is 25.5 Å². The zero-order valence-electron chi connectivity index (χ0n) is 10.5. The quantitative estimate of drug-likeness (QED) is 0.748. The first kappa shape index (κ1) is 15.5. The molecule has 1 aromatic heterocycles. The summed E-state index contributed by atoms with van der Waals surface area (Å²) in [6.07, 6.45) is -3.50. The lowest BCUT2D eigenvalue weighted by molar-refractivity contribution is -0.141. The van der Waals surface area contributed by atoms with Crippen LogP contribution < -0.4 is 10.1 Å². The van der Waals surface area contributed by atoms with Gasteiger partial charge in [0.15, 0.2) is 5.69 Å². The van der Waals surface area contributed by atoms with Crippen LogP contribution in [0.25, 0.3) is 0 Å². The predicted octanol–water partition coefficient (Wildman–Crippen LogP) is 2.08. The fourth-order valence-electron chi connectivity index (χ4n) is 1.20. The van der Waals surface area contributed by atoms with Gasteiger partial charge >= 0.3 is 6.18 Å². The summed E-state index contributed by atoms with van der Waals surface area (Å²) in [5.74, 6) is -0.273. The van der Waals surface area contributed by atoms with E-state index >= 15 is 0 Å². The molecule has 1 aromatic rings. The van der Waals surface area contributed by atoms with Crippen LogP contribution in [0.3, 0.4) is 0 Å². The third-order valence-electron chi connectivity index (χ3n) is 2.08. The van der Waals surface area contributed by atoms with Gasteiger partial charge in [-0.2, -0.15) is 18.2 Å². The summed E-state index contributed by atoms with van der Waals surface area (Å²) in [6, 6.07) is 0.745. The molecule has 0 spiro atoms. The van der Waals surface area contributed by atoms with Crippen molar-refractivity contribution in [2.24, 2.45) is 0 Å². The number of aliphatic hydroxyl groups excluding tert-OH is 1. The molecule has 8 heteroatoms. The smallest absolute Gasteiger partial charge is 0.433 e. The van der Waals surface area contributed by atoms with Gasteiger partial charge in [0.2, 0.25) is 11.8 Å². The van der Waals surface area contributed by atoms with Gasteiger partial charge in [-0.25, -0.2) is 4.98 Å². The van der Waals surface area contributed by atoms with Crippen LogP contribution in [0.4, 0.5) is 19.1 Å². The molecule has 0 saturated heterocycles. The number of ether oxygens (including phenoxy) is 1. The van der Waals surface area contributed by atoms with Crippen molar-refractivity contribution in [3.05, 3.63) is 11.8 Å². The number of nitrogens with zero attached hydrogens (tertiary/aromatic N) is 2. The largest absolute Gasteiger partial charge is 0.477 e. The summed E-state index contributed by atoms with van der Waals surface area (Å²) in [5.41, 5.74) is -1.06. The summed E-state index contributed by atoms with van der Waals surface area (Å²) in [5, 5.41) is 11.3. The Morgan fingerprint density at radius 2 is 2.11 bits per heavy atom. The number of aliphatic hydroxyl groups is 1. The molecule has 0 bridgehead atoms. The molecule has 0 aliphatic heterocycles. The molecular formula is C11H16F3N3O2. The number of alkyl halides is 3. The predicted molar refractivity (Wildman–Crippen MR) is 63.0 cm³/mol. The highest BCUT2D eigenvalue weighted by molar-refractivity contribution is 5.31. The highest BCUT2D eigenvalue weighted by Gasteiger charge is 2.34. The molecule has 0 radical (unpaired) electrons. The second-order valence-corrected chi connectivity index (χ2v) is 3.77. The van der Waals surface area contributed by atoms with Crippen LogP contribution in [0, 0.1) is 0 Å². The minimum absolute atomic E-state index is 0.0953. The van der Waals surface area contributed by atoms with E-state index in [0.717, 1.165) is 12.5 Å². The van der Waals surface area contributed by atoms with Crippen molar-refractivity contribution in [2.45, 2.75) is 25.9 Å². The molecule has 5 nitrogen and oxygen atoms in total. The van der Waals surface area contributed by atoms with Crippen molar-refractivity contribution < 1.29 is 23.0 Å². The molecule has 108 valence electrons. The number of nitrogens with one attached hydrogen (secondary N) is 1. The summed E-state index contributed by atoms with van der Waals surface area (Å²) in [7, 11) is 0. The molecule has 19 heavy (non-hydrogen) atoms. The van der Waals surface area contributed by atoms with Gasteiger partial charge in [-0.15, -0.1) is 0 Å². The van der Waals surface area contributed by atoms with Crippen LogP contribution in [-0.4, -0.2) is 34.8 Å². The van der Waals surface area contributed by atoms with Crippen LogP contribution in [-0.2, 0) is 6.18 Å². The summed E-state index contributed by atoms with van der Waals surface area (Å²) in [6.45, 7) is 2.34. The number of anilines is 1. The normalized spacial score (nSPS) is 11.4. The highest BCUT2D eigenvalue weighted by atomic mass is 19.4. The highest BCUT2D eigenvalue weighted by Crippen LogP contribution is 2.30. The fourth-order valence-corrected chi connectivity index (χ4v) is 1.20. The first-order chi connectivity index (χ1) is 8.97. The van der Waals surface area contributed by atoms with Crippen molar-refractivity contribution in [1.82, 2.24) is 9.97 Å². The first-order valence-corrected chi connectivity index (χ1v) is 5.91. The summed E-state index contributed by atoms with van der Waals surface area (Å²) >= 11 is 0. The second-order valence-electron chi connectivity index (χ2n) is 3.77. The average molecular weight is 279 g/mol. The zero-order chi connectivity index (χ0) is 14.3. The lowest BCUT2D eigenvalue weighted by atomic mass is 10.4. The molecule has 0 atom stereocenters. The maximum atomic E-state index is 12.6. The number of aromatic nitrogens is 2. The zero-order valence-corrected chi connectivity index (χ0v) is 10.5. The molecule has 2 N–H and O–H groups in total. The van der Waals surface area contributed by atoms with Crippen molar-refractivity contribution in [1.29, 1.82) is 0 Å². The van der Waals surface area contributed by atoms with E-state index in [1.807, 2.05) is 6.92 Å². The van der Waals surface area contributed by atoms with E-state index in [1.165, 1.54) is 0 Å². The Morgan fingerprint density at radius 3 is 2.68 bits per heavy atom. The molecule has 0 amide bonds. The van der Waals surface area contributed by atoms with E-state index in [-0.39, 0.29) is 25.0 Å². The van der Waals surface area contributed by atoms with Gasteiger partial charge in [0.05, 0.1) is 6.61 Å². The topological polar surface area (TPSA) is 67.3 Å². The van der Waals surface area contributed by atoms with E-state index < -0.39 is 11.9 Å². The third kappa shape index (κ3) is 5.29. The Balaban J connectivity index is 2.89. The Kier molecular flexibility index (Phi) is 5.81. The van der Waals surface area contributed by atoms with Gasteiger partial charge in [-0.1, -0.05) is 6.92 Å². The molecule has 0 aliphatic carbocycles. The number of hydrogen-bond donors (Lipinski definition) is 2. The van der Waals surface area contributed by atoms with Crippen molar-refractivity contribution >= 4 is 5.95 Å². The molecule has 0 saturated carbocycles. The monoisotopic (exact) mass is 279 g/mol. The van der Waals surface area contributed by atoms with E-state index in [2.05, 4.69) is 15.3 Å². The molecule has 1 heterocycles. The van der Waals surface area contributed by atoms with E-state index in [9.17, 15) is 13.2 Å². The number of halogens is 3. The van der Waals surface area contributed by atoms with E-state index in [4.69, 9.17) is 9.84 Å². The average Bonchev–Trinajstić information content (AvgIpc) is 2.35. The van der Waals surface area contributed by atoms with Gasteiger partial charge in [-0.05, 0) is 6.42 Å². The summed E-state index contributed by atoms with van der Waals surface area (Å²) in [4.78, 5) is 7.22. The summed E-state index contributed by atoms with van der Waals surface area (Å²) < 4.78 is 43.0. The van der Waals surface area contributed by atoms with E-state index in [1.54, 1.807) is 0 Å². The Hall–Kier alpha value is -1.57. The number of hydrogen-bond acceptors (Lipinski definition) is 5. The minimum atomic E-state index is -4.55. The van der Waals surface area contributed by atoms with Gasteiger partial charge in [-0.3, -0.25) is 0 Å². The Bertz CT molecular complexity index is 399. The van der Waals surface area contributed by atoms with Crippen LogP contribution in [0.15, 0.2) is 6.07 Å². The van der Waals surface area contributed by atoms with Crippen molar-refractivity contribution in [3.8, 4) is 5.88 Å². The molecule has 0 fully saturated rings. The van der Waals surface area contributed by atoms with Crippen LogP contribution in [0.5, 0.6) is 5.88 Å². The molecule has 0 aromatic carbocycles. The van der Waals surface area contributed by atoms with Crippen molar-refractivity contribution in [3.63, 3.8) is 0 Å². The maximum absolute atomic E-state index is 12.6. The lowest BCUT2D eigenvalue weighted by Gasteiger charge is -2.11. The molecule has 1 rings (SSSR count). The van der Waals surface area contributed by atoms with Crippen LogP contribution in [0.2, 0.25) is 0 Å². The first-order valence-electron chi connectivity index (χ1n) is 5.91. The minimum Gasteiger partial charge on any atom is -0.477 e. The SMILES string of the molecule is CCCNc1nc(OCCCO)cc(C(F)(F)F)n1. The third-order valence-corrected chi connectivity index (χ3v) is 2.08.